The molecular formula is C14H19N3O2. The van der Waals surface area contributed by atoms with Gasteiger partial charge in [-0.05, 0) is 36.6 Å². The smallest absolute Gasteiger partial charge is 0.119 e. The van der Waals surface area contributed by atoms with Crippen LogP contribution in [-0.4, -0.2) is 27.2 Å². The predicted molar refractivity (Wildman–Crippen MR) is 72.4 cm³/mol. The van der Waals surface area contributed by atoms with Crippen molar-refractivity contribution in [2.24, 2.45) is 5.92 Å². The molecule has 2 aromatic rings. The highest BCUT2D eigenvalue weighted by molar-refractivity contribution is 5.38. The molecular weight excluding hydrogens is 242 g/mol. The van der Waals surface area contributed by atoms with Crippen LogP contribution in [0.2, 0.25) is 0 Å². The molecule has 0 saturated carbocycles. The largest absolute Gasteiger partial charge is 0.497 e. The lowest BCUT2D eigenvalue weighted by Gasteiger charge is -2.10. The monoisotopic (exact) mass is 261 g/mol. The molecule has 19 heavy (non-hydrogen) atoms. The van der Waals surface area contributed by atoms with Crippen LogP contribution in [-0.2, 0) is 13.0 Å². The van der Waals surface area contributed by atoms with Gasteiger partial charge in [0, 0.05) is 0 Å². The van der Waals surface area contributed by atoms with Crippen molar-refractivity contribution in [2.75, 3.05) is 7.11 Å². The average molecular weight is 261 g/mol. The van der Waals surface area contributed by atoms with Crippen LogP contribution in [0.1, 0.15) is 25.2 Å². The fraction of sp³-hybridized carbons (Fsp3) is 0.429. The van der Waals surface area contributed by atoms with Gasteiger partial charge in [-0.15, -0.1) is 5.10 Å². The lowest BCUT2D eigenvalue weighted by atomic mass is 10.1. The van der Waals surface area contributed by atoms with Crippen molar-refractivity contribution in [3.05, 3.63) is 35.7 Å². The fourth-order valence-electron chi connectivity index (χ4n) is 1.98. The summed E-state index contributed by atoms with van der Waals surface area (Å²) in [7, 11) is 1.64. The Balaban J connectivity index is 2.39. The van der Waals surface area contributed by atoms with Crippen LogP contribution < -0.4 is 4.74 Å². The highest BCUT2D eigenvalue weighted by Crippen LogP contribution is 2.19. The first-order chi connectivity index (χ1) is 9.15. The van der Waals surface area contributed by atoms with Gasteiger partial charge in [0.25, 0.3) is 0 Å². The molecule has 1 N–H and O–H groups in total. The van der Waals surface area contributed by atoms with Gasteiger partial charge in [0.15, 0.2) is 0 Å². The maximum absolute atomic E-state index is 9.34. The molecule has 0 aliphatic rings. The van der Waals surface area contributed by atoms with E-state index in [9.17, 15) is 5.11 Å². The molecule has 0 unspecified atom stereocenters. The number of rotatable bonds is 5. The Morgan fingerprint density at radius 3 is 2.47 bits per heavy atom. The lowest BCUT2D eigenvalue weighted by Crippen LogP contribution is -2.07. The summed E-state index contributed by atoms with van der Waals surface area (Å²) in [6, 6.07) is 7.63. The van der Waals surface area contributed by atoms with Gasteiger partial charge in [-0.1, -0.05) is 19.1 Å². The normalized spacial score (nSPS) is 11.0. The zero-order valence-corrected chi connectivity index (χ0v) is 11.5. The van der Waals surface area contributed by atoms with Gasteiger partial charge in [0.2, 0.25) is 0 Å². The summed E-state index contributed by atoms with van der Waals surface area (Å²) in [6.07, 6.45) is 0.828. The van der Waals surface area contributed by atoms with Gasteiger partial charge in [-0.3, -0.25) is 0 Å². The van der Waals surface area contributed by atoms with Crippen LogP contribution in [0.3, 0.4) is 0 Å². The zero-order valence-electron chi connectivity index (χ0n) is 11.5. The SMILES string of the molecule is COc1ccc(-n2nnc(CO)c2CC(C)C)cc1. The summed E-state index contributed by atoms with van der Waals surface area (Å²) >= 11 is 0. The summed E-state index contributed by atoms with van der Waals surface area (Å²) < 4.78 is 6.92. The van der Waals surface area contributed by atoms with E-state index < -0.39 is 0 Å². The third-order valence-corrected chi connectivity index (χ3v) is 2.91. The van der Waals surface area contributed by atoms with Gasteiger partial charge in [-0.25, -0.2) is 4.68 Å². The van der Waals surface area contributed by atoms with Crippen molar-refractivity contribution in [1.29, 1.82) is 0 Å². The number of aliphatic hydroxyl groups excluding tert-OH is 1. The highest BCUT2D eigenvalue weighted by atomic mass is 16.5. The Kier molecular flexibility index (Phi) is 4.16. The number of benzene rings is 1. The molecule has 0 saturated heterocycles. The number of hydrogen-bond acceptors (Lipinski definition) is 4. The molecule has 0 fully saturated rings. The van der Waals surface area contributed by atoms with Crippen molar-refractivity contribution in [2.45, 2.75) is 26.9 Å². The highest BCUT2D eigenvalue weighted by Gasteiger charge is 2.14. The van der Waals surface area contributed by atoms with Crippen LogP contribution in [0.5, 0.6) is 5.75 Å². The van der Waals surface area contributed by atoms with E-state index in [4.69, 9.17) is 4.74 Å². The number of ether oxygens (including phenoxy) is 1. The average Bonchev–Trinajstić information content (AvgIpc) is 2.81. The molecule has 2 rings (SSSR count). The Labute approximate surface area is 112 Å². The summed E-state index contributed by atoms with van der Waals surface area (Å²) in [6.45, 7) is 4.18. The third kappa shape index (κ3) is 2.93. The van der Waals surface area contributed by atoms with E-state index in [0.29, 0.717) is 11.6 Å². The third-order valence-electron chi connectivity index (χ3n) is 2.91. The predicted octanol–water partition coefficient (Wildman–Crippen LogP) is 1.97. The molecule has 1 heterocycles. The molecule has 0 spiro atoms. The first-order valence-corrected chi connectivity index (χ1v) is 6.34. The van der Waals surface area contributed by atoms with Crippen molar-refractivity contribution in [1.82, 2.24) is 15.0 Å². The minimum atomic E-state index is -0.0851. The van der Waals surface area contributed by atoms with Crippen LogP contribution in [0.25, 0.3) is 5.69 Å². The van der Waals surface area contributed by atoms with Crippen molar-refractivity contribution >= 4 is 0 Å². The van der Waals surface area contributed by atoms with E-state index in [1.807, 2.05) is 24.3 Å². The molecule has 0 radical (unpaired) electrons. The fourth-order valence-corrected chi connectivity index (χ4v) is 1.98. The van der Waals surface area contributed by atoms with E-state index in [0.717, 1.165) is 23.6 Å². The quantitative estimate of drug-likeness (QED) is 0.894. The molecule has 1 aromatic carbocycles. The lowest BCUT2D eigenvalue weighted by molar-refractivity contribution is 0.275. The number of aromatic nitrogens is 3. The molecule has 0 aliphatic carbocycles. The zero-order chi connectivity index (χ0) is 13.8. The van der Waals surface area contributed by atoms with E-state index in [2.05, 4.69) is 24.2 Å². The van der Waals surface area contributed by atoms with Crippen molar-refractivity contribution in [3.8, 4) is 11.4 Å². The van der Waals surface area contributed by atoms with E-state index in [1.165, 1.54) is 0 Å². The molecule has 0 atom stereocenters. The molecule has 0 bridgehead atoms. The number of aliphatic hydroxyl groups is 1. The standard InChI is InChI=1S/C14H19N3O2/c1-10(2)8-14-13(9-18)15-16-17(14)11-4-6-12(19-3)7-5-11/h4-7,10,18H,8-9H2,1-3H3. The first-order valence-electron chi connectivity index (χ1n) is 6.34. The van der Waals surface area contributed by atoms with Crippen LogP contribution >= 0.6 is 0 Å². The summed E-state index contributed by atoms with van der Waals surface area (Å²) in [4.78, 5) is 0. The van der Waals surface area contributed by atoms with Crippen molar-refractivity contribution in [3.63, 3.8) is 0 Å². The Morgan fingerprint density at radius 2 is 1.95 bits per heavy atom. The summed E-state index contributed by atoms with van der Waals surface area (Å²) in [5, 5.41) is 17.5. The maximum atomic E-state index is 9.34. The second kappa shape index (κ2) is 5.84. The Bertz CT molecular complexity index is 532. The van der Waals surface area contributed by atoms with Gasteiger partial charge in [-0.2, -0.15) is 0 Å². The molecule has 5 heteroatoms. The summed E-state index contributed by atoms with van der Waals surface area (Å²) in [5.41, 5.74) is 2.52. The Morgan fingerprint density at radius 1 is 1.26 bits per heavy atom. The second-order valence-corrected chi connectivity index (χ2v) is 4.85. The first kappa shape index (κ1) is 13.5. The van der Waals surface area contributed by atoms with Gasteiger partial charge in [0.1, 0.15) is 11.4 Å². The van der Waals surface area contributed by atoms with Crippen LogP contribution in [0.15, 0.2) is 24.3 Å². The number of methoxy groups -OCH3 is 1. The van der Waals surface area contributed by atoms with E-state index >= 15 is 0 Å². The van der Waals surface area contributed by atoms with Crippen LogP contribution in [0, 0.1) is 5.92 Å². The number of hydrogen-bond donors (Lipinski definition) is 1. The molecule has 5 nitrogen and oxygen atoms in total. The molecule has 0 amide bonds. The van der Waals surface area contributed by atoms with Gasteiger partial charge >= 0.3 is 0 Å². The van der Waals surface area contributed by atoms with Gasteiger partial charge < -0.3 is 9.84 Å². The summed E-state index contributed by atoms with van der Waals surface area (Å²) in [5.74, 6) is 1.28. The topological polar surface area (TPSA) is 60.2 Å². The molecule has 102 valence electrons. The van der Waals surface area contributed by atoms with E-state index in [-0.39, 0.29) is 6.61 Å². The van der Waals surface area contributed by atoms with Crippen molar-refractivity contribution < 1.29 is 9.84 Å². The molecule has 0 aliphatic heterocycles. The minimum absolute atomic E-state index is 0.0851. The van der Waals surface area contributed by atoms with Crippen LogP contribution in [0.4, 0.5) is 0 Å². The molecule has 1 aromatic heterocycles. The Hall–Kier alpha value is -1.88. The maximum Gasteiger partial charge on any atom is 0.119 e. The number of nitrogens with zero attached hydrogens (tertiary/aromatic N) is 3. The minimum Gasteiger partial charge on any atom is -0.497 e. The van der Waals surface area contributed by atoms with Gasteiger partial charge in [0.05, 0.1) is 25.1 Å². The second-order valence-electron chi connectivity index (χ2n) is 4.85. The van der Waals surface area contributed by atoms with E-state index in [1.54, 1.807) is 11.8 Å².